The van der Waals surface area contributed by atoms with Crippen molar-refractivity contribution in [3.63, 3.8) is 0 Å². The standard InChI is InChI=1S/C17H24N6O/c1-12-13(2)20-23-11-18-19-16(23)15(12)21-7-4-8-22(10-9-21)17(24)14-5-3-6-14/h11,14H,3-10H2,1-2H3. The molecule has 0 unspecified atom stereocenters. The van der Waals surface area contributed by atoms with Crippen molar-refractivity contribution in [1.29, 1.82) is 0 Å². The van der Waals surface area contributed by atoms with Crippen LogP contribution in [0.3, 0.4) is 0 Å². The van der Waals surface area contributed by atoms with Crippen LogP contribution in [0.5, 0.6) is 0 Å². The SMILES string of the molecule is Cc1nn2cnnc2c(N2CCCN(C(=O)C3CCC3)CC2)c1C. The molecule has 0 spiro atoms. The molecule has 7 nitrogen and oxygen atoms in total. The van der Waals surface area contributed by atoms with Crippen LogP contribution in [0, 0.1) is 19.8 Å². The highest BCUT2D eigenvalue weighted by atomic mass is 16.2. The van der Waals surface area contributed by atoms with Gasteiger partial charge in [0.1, 0.15) is 6.33 Å². The van der Waals surface area contributed by atoms with Crippen LogP contribution >= 0.6 is 0 Å². The fourth-order valence-electron chi connectivity index (χ4n) is 3.69. The summed E-state index contributed by atoms with van der Waals surface area (Å²) in [4.78, 5) is 17.0. The molecule has 2 fully saturated rings. The largest absolute Gasteiger partial charge is 0.366 e. The quantitative estimate of drug-likeness (QED) is 0.837. The normalized spacial score (nSPS) is 19.4. The van der Waals surface area contributed by atoms with Gasteiger partial charge in [-0.3, -0.25) is 4.79 Å². The number of hydrogen-bond donors (Lipinski definition) is 0. The molecule has 1 saturated carbocycles. The van der Waals surface area contributed by atoms with Gasteiger partial charge in [-0.1, -0.05) is 6.42 Å². The van der Waals surface area contributed by atoms with Gasteiger partial charge in [-0.2, -0.15) is 9.61 Å². The molecule has 128 valence electrons. The maximum Gasteiger partial charge on any atom is 0.225 e. The maximum absolute atomic E-state index is 12.5. The summed E-state index contributed by atoms with van der Waals surface area (Å²) in [6.45, 7) is 7.53. The van der Waals surface area contributed by atoms with E-state index in [1.165, 1.54) is 6.42 Å². The summed E-state index contributed by atoms with van der Waals surface area (Å²) in [7, 11) is 0. The third kappa shape index (κ3) is 2.52. The topological polar surface area (TPSA) is 66.6 Å². The molecule has 2 aromatic rings. The number of rotatable bonds is 2. The Kier molecular flexibility index (Phi) is 3.86. The van der Waals surface area contributed by atoms with Crippen molar-refractivity contribution >= 4 is 17.2 Å². The number of anilines is 1. The molecule has 2 aromatic heterocycles. The molecule has 7 heteroatoms. The molecule has 0 atom stereocenters. The highest BCUT2D eigenvalue weighted by Gasteiger charge is 2.31. The first kappa shape index (κ1) is 15.4. The zero-order valence-electron chi connectivity index (χ0n) is 14.4. The molecule has 3 heterocycles. The second-order valence-corrected chi connectivity index (χ2v) is 6.95. The third-order valence-corrected chi connectivity index (χ3v) is 5.48. The van der Waals surface area contributed by atoms with Gasteiger partial charge in [0.2, 0.25) is 11.6 Å². The molecule has 2 aliphatic rings. The van der Waals surface area contributed by atoms with Crippen molar-refractivity contribution in [2.45, 2.75) is 39.5 Å². The molecule has 1 aliphatic carbocycles. The van der Waals surface area contributed by atoms with Gasteiger partial charge in [0.25, 0.3) is 0 Å². The Morgan fingerprint density at radius 3 is 2.71 bits per heavy atom. The van der Waals surface area contributed by atoms with Crippen LogP contribution in [0.1, 0.15) is 36.9 Å². The molecule has 1 aliphatic heterocycles. The van der Waals surface area contributed by atoms with Gasteiger partial charge in [-0.05, 0) is 38.7 Å². The average Bonchev–Trinajstić information content (AvgIpc) is 2.82. The van der Waals surface area contributed by atoms with E-state index in [0.717, 1.165) is 68.0 Å². The van der Waals surface area contributed by atoms with Crippen LogP contribution in [0.25, 0.3) is 5.65 Å². The van der Waals surface area contributed by atoms with Crippen LogP contribution in [-0.4, -0.2) is 56.8 Å². The number of carbonyl (C=O) groups excluding carboxylic acids is 1. The van der Waals surface area contributed by atoms with Gasteiger partial charge >= 0.3 is 0 Å². The molecule has 0 bridgehead atoms. The van der Waals surface area contributed by atoms with Crippen molar-refractivity contribution in [2.75, 3.05) is 31.1 Å². The predicted octanol–water partition coefficient (Wildman–Crippen LogP) is 1.58. The molecule has 1 amide bonds. The first-order valence-corrected chi connectivity index (χ1v) is 8.86. The molecule has 0 aromatic carbocycles. The van der Waals surface area contributed by atoms with Crippen molar-refractivity contribution < 1.29 is 4.79 Å². The summed E-state index contributed by atoms with van der Waals surface area (Å²) in [5, 5.41) is 12.8. The lowest BCUT2D eigenvalue weighted by atomic mass is 9.84. The number of nitrogens with zero attached hydrogens (tertiary/aromatic N) is 6. The smallest absolute Gasteiger partial charge is 0.225 e. The summed E-state index contributed by atoms with van der Waals surface area (Å²) >= 11 is 0. The Morgan fingerprint density at radius 1 is 1.12 bits per heavy atom. The van der Waals surface area contributed by atoms with Crippen LogP contribution in [-0.2, 0) is 4.79 Å². The van der Waals surface area contributed by atoms with E-state index < -0.39 is 0 Å². The number of carbonyl (C=O) groups is 1. The van der Waals surface area contributed by atoms with Gasteiger partial charge in [0, 0.05) is 32.1 Å². The van der Waals surface area contributed by atoms with Gasteiger partial charge in [-0.15, -0.1) is 10.2 Å². The van der Waals surface area contributed by atoms with E-state index in [4.69, 9.17) is 0 Å². The van der Waals surface area contributed by atoms with E-state index in [9.17, 15) is 4.79 Å². The number of fused-ring (bicyclic) bond motifs is 1. The number of hydrogen-bond acceptors (Lipinski definition) is 5. The van der Waals surface area contributed by atoms with E-state index in [1.807, 2.05) is 6.92 Å². The zero-order valence-corrected chi connectivity index (χ0v) is 14.4. The molecule has 0 N–H and O–H groups in total. The van der Waals surface area contributed by atoms with Gasteiger partial charge in [0.15, 0.2) is 0 Å². The van der Waals surface area contributed by atoms with E-state index in [2.05, 4.69) is 32.0 Å². The fraction of sp³-hybridized carbons (Fsp3) is 0.647. The Hall–Kier alpha value is -2.18. The third-order valence-electron chi connectivity index (χ3n) is 5.48. The second-order valence-electron chi connectivity index (χ2n) is 6.95. The molecule has 4 rings (SSSR count). The minimum Gasteiger partial charge on any atom is -0.366 e. The van der Waals surface area contributed by atoms with E-state index >= 15 is 0 Å². The highest BCUT2D eigenvalue weighted by Crippen LogP contribution is 2.30. The zero-order chi connectivity index (χ0) is 16.7. The monoisotopic (exact) mass is 328 g/mol. The van der Waals surface area contributed by atoms with Gasteiger partial charge in [0.05, 0.1) is 11.4 Å². The summed E-state index contributed by atoms with van der Waals surface area (Å²) in [5.74, 6) is 0.642. The van der Waals surface area contributed by atoms with E-state index in [1.54, 1.807) is 10.8 Å². The van der Waals surface area contributed by atoms with Crippen LogP contribution in [0.15, 0.2) is 6.33 Å². The van der Waals surface area contributed by atoms with Crippen molar-refractivity contribution in [3.05, 3.63) is 17.6 Å². The van der Waals surface area contributed by atoms with E-state index in [-0.39, 0.29) is 5.92 Å². The minimum atomic E-state index is 0.282. The first-order chi connectivity index (χ1) is 11.6. The average molecular weight is 328 g/mol. The highest BCUT2D eigenvalue weighted by molar-refractivity contribution is 5.80. The van der Waals surface area contributed by atoms with Crippen molar-refractivity contribution in [2.24, 2.45) is 5.92 Å². The Morgan fingerprint density at radius 2 is 1.96 bits per heavy atom. The number of aryl methyl sites for hydroxylation is 1. The molecule has 24 heavy (non-hydrogen) atoms. The van der Waals surface area contributed by atoms with Gasteiger partial charge < -0.3 is 9.80 Å². The lowest BCUT2D eigenvalue weighted by molar-refractivity contribution is -0.137. The maximum atomic E-state index is 12.5. The molecule has 0 radical (unpaired) electrons. The lowest BCUT2D eigenvalue weighted by Gasteiger charge is -2.31. The predicted molar refractivity (Wildman–Crippen MR) is 91.0 cm³/mol. The number of amides is 1. The summed E-state index contributed by atoms with van der Waals surface area (Å²) in [5.41, 5.74) is 4.05. The van der Waals surface area contributed by atoms with Crippen LogP contribution in [0.2, 0.25) is 0 Å². The molecular formula is C17H24N6O. The second kappa shape index (κ2) is 6.03. The molecular weight excluding hydrogens is 304 g/mol. The summed E-state index contributed by atoms with van der Waals surface area (Å²) in [6, 6.07) is 0. The Labute approximate surface area is 141 Å². The first-order valence-electron chi connectivity index (χ1n) is 8.86. The Balaban J connectivity index is 1.58. The number of aromatic nitrogens is 4. The van der Waals surface area contributed by atoms with Crippen molar-refractivity contribution in [1.82, 2.24) is 24.7 Å². The molecule has 1 saturated heterocycles. The summed E-state index contributed by atoms with van der Waals surface area (Å²) < 4.78 is 1.75. The van der Waals surface area contributed by atoms with E-state index in [0.29, 0.717) is 5.91 Å². The van der Waals surface area contributed by atoms with Crippen LogP contribution < -0.4 is 4.90 Å². The fourth-order valence-corrected chi connectivity index (χ4v) is 3.69. The lowest BCUT2D eigenvalue weighted by Crippen LogP contribution is -2.41. The van der Waals surface area contributed by atoms with Gasteiger partial charge in [-0.25, -0.2) is 0 Å². The van der Waals surface area contributed by atoms with Crippen molar-refractivity contribution in [3.8, 4) is 0 Å². The summed E-state index contributed by atoms with van der Waals surface area (Å²) in [6.07, 6.45) is 5.98. The van der Waals surface area contributed by atoms with Crippen LogP contribution in [0.4, 0.5) is 5.69 Å². The Bertz CT molecular complexity index is 766. The minimum absolute atomic E-state index is 0.282.